The lowest BCUT2D eigenvalue weighted by Crippen LogP contribution is -2.28. The summed E-state index contributed by atoms with van der Waals surface area (Å²) >= 11 is 0. The van der Waals surface area contributed by atoms with Gasteiger partial charge in [0.1, 0.15) is 0 Å². The van der Waals surface area contributed by atoms with Crippen molar-refractivity contribution in [2.75, 3.05) is 7.05 Å². The maximum Gasteiger partial charge on any atom is 0.0419 e. The third-order valence-electron chi connectivity index (χ3n) is 3.07. The molecule has 18 heavy (non-hydrogen) atoms. The summed E-state index contributed by atoms with van der Waals surface area (Å²) in [6.07, 6.45) is 6.73. The Bertz CT molecular complexity index is 442. The standard InChI is InChI=1S/C15H19N3/c1-16-14(12-15-7-3-5-11-18-15)9-8-13-6-2-4-10-17-13/h2-7,10-11,14,16H,8-9,12H2,1H3. The number of pyridine rings is 2. The van der Waals surface area contributed by atoms with Crippen LogP contribution in [-0.4, -0.2) is 23.1 Å². The molecule has 0 amide bonds. The van der Waals surface area contributed by atoms with Crippen LogP contribution in [0, 0.1) is 0 Å². The summed E-state index contributed by atoms with van der Waals surface area (Å²) in [4.78, 5) is 8.71. The summed E-state index contributed by atoms with van der Waals surface area (Å²) in [5.74, 6) is 0. The summed E-state index contributed by atoms with van der Waals surface area (Å²) in [6, 6.07) is 12.6. The van der Waals surface area contributed by atoms with Crippen molar-refractivity contribution in [2.45, 2.75) is 25.3 Å². The van der Waals surface area contributed by atoms with Gasteiger partial charge in [0.25, 0.3) is 0 Å². The maximum atomic E-state index is 4.37. The first kappa shape index (κ1) is 12.7. The normalized spacial score (nSPS) is 12.3. The predicted molar refractivity (Wildman–Crippen MR) is 73.3 cm³/mol. The number of rotatable bonds is 6. The molecule has 0 bridgehead atoms. The van der Waals surface area contributed by atoms with Crippen molar-refractivity contribution >= 4 is 0 Å². The highest BCUT2D eigenvalue weighted by molar-refractivity contribution is 5.07. The van der Waals surface area contributed by atoms with Gasteiger partial charge in [0.05, 0.1) is 0 Å². The molecule has 0 radical (unpaired) electrons. The van der Waals surface area contributed by atoms with Gasteiger partial charge in [-0.25, -0.2) is 0 Å². The van der Waals surface area contributed by atoms with E-state index in [1.165, 1.54) is 0 Å². The zero-order chi connectivity index (χ0) is 12.6. The highest BCUT2D eigenvalue weighted by Crippen LogP contribution is 2.06. The van der Waals surface area contributed by atoms with Crippen LogP contribution in [0.1, 0.15) is 17.8 Å². The molecule has 1 N–H and O–H groups in total. The molecule has 2 heterocycles. The first-order valence-electron chi connectivity index (χ1n) is 6.35. The summed E-state index contributed by atoms with van der Waals surface area (Å²) < 4.78 is 0. The van der Waals surface area contributed by atoms with Crippen molar-refractivity contribution in [3.8, 4) is 0 Å². The van der Waals surface area contributed by atoms with Crippen LogP contribution in [0.2, 0.25) is 0 Å². The molecular formula is C15H19N3. The lowest BCUT2D eigenvalue weighted by molar-refractivity contribution is 0.512. The van der Waals surface area contributed by atoms with Crippen molar-refractivity contribution < 1.29 is 0 Å². The number of hydrogen-bond acceptors (Lipinski definition) is 3. The monoisotopic (exact) mass is 241 g/mol. The molecule has 2 aromatic rings. The number of aryl methyl sites for hydroxylation is 1. The number of aromatic nitrogens is 2. The van der Waals surface area contributed by atoms with Crippen molar-refractivity contribution in [3.05, 3.63) is 60.2 Å². The van der Waals surface area contributed by atoms with Gasteiger partial charge in [-0.05, 0) is 44.2 Å². The average Bonchev–Trinajstić information content (AvgIpc) is 2.45. The predicted octanol–water partition coefficient (Wildman–Crippen LogP) is 2.24. The topological polar surface area (TPSA) is 37.8 Å². The van der Waals surface area contributed by atoms with Gasteiger partial charge in [-0.15, -0.1) is 0 Å². The Morgan fingerprint density at radius 1 is 1.00 bits per heavy atom. The van der Waals surface area contributed by atoms with Crippen molar-refractivity contribution in [1.29, 1.82) is 0 Å². The molecule has 94 valence electrons. The Hall–Kier alpha value is -1.74. The zero-order valence-electron chi connectivity index (χ0n) is 10.7. The first-order valence-corrected chi connectivity index (χ1v) is 6.35. The molecule has 0 aliphatic carbocycles. The summed E-state index contributed by atoms with van der Waals surface area (Å²) in [5.41, 5.74) is 2.29. The molecule has 0 aromatic carbocycles. The number of hydrogen-bond donors (Lipinski definition) is 1. The highest BCUT2D eigenvalue weighted by Gasteiger charge is 2.08. The molecule has 0 saturated heterocycles. The van der Waals surface area contributed by atoms with Crippen molar-refractivity contribution in [2.24, 2.45) is 0 Å². The fourth-order valence-corrected chi connectivity index (χ4v) is 1.99. The number of nitrogens with one attached hydrogen (secondary N) is 1. The lowest BCUT2D eigenvalue weighted by Gasteiger charge is -2.15. The molecule has 2 aromatic heterocycles. The third-order valence-corrected chi connectivity index (χ3v) is 3.07. The average molecular weight is 241 g/mol. The van der Waals surface area contributed by atoms with E-state index < -0.39 is 0 Å². The van der Waals surface area contributed by atoms with Gasteiger partial charge in [-0.1, -0.05) is 12.1 Å². The van der Waals surface area contributed by atoms with E-state index in [4.69, 9.17) is 0 Å². The van der Waals surface area contributed by atoms with E-state index in [1.807, 2.05) is 43.7 Å². The molecule has 1 atom stereocenters. The molecule has 0 saturated carbocycles. The van der Waals surface area contributed by atoms with Crippen LogP contribution < -0.4 is 5.32 Å². The Morgan fingerprint density at radius 2 is 1.67 bits per heavy atom. The molecule has 0 fully saturated rings. The molecule has 0 aliphatic heterocycles. The second-order valence-electron chi connectivity index (χ2n) is 4.37. The molecule has 3 nitrogen and oxygen atoms in total. The second-order valence-corrected chi connectivity index (χ2v) is 4.37. The summed E-state index contributed by atoms with van der Waals surface area (Å²) in [6.45, 7) is 0. The lowest BCUT2D eigenvalue weighted by atomic mass is 10.0. The van der Waals surface area contributed by atoms with Gasteiger partial charge in [0.2, 0.25) is 0 Å². The van der Waals surface area contributed by atoms with E-state index in [9.17, 15) is 0 Å². The van der Waals surface area contributed by atoms with Crippen LogP contribution in [0.15, 0.2) is 48.8 Å². The van der Waals surface area contributed by atoms with E-state index >= 15 is 0 Å². The van der Waals surface area contributed by atoms with Crippen LogP contribution in [0.4, 0.5) is 0 Å². The quantitative estimate of drug-likeness (QED) is 0.843. The van der Waals surface area contributed by atoms with Crippen LogP contribution in [0.25, 0.3) is 0 Å². The molecular weight excluding hydrogens is 222 g/mol. The second kappa shape index (κ2) is 6.87. The Morgan fingerprint density at radius 3 is 2.22 bits per heavy atom. The van der Waals surface area contributed by atoms with Gasteiger partial charge in [0.15, 0.2) is 0 Å². The van der Waals surface area contributed by atoms with Gasteiger partial charge < -0.3 is 5.32 Å². The van der Waals surface area contributed by atoms with Crippen LogP contribution >= 0.6 is 0 Å². The fraction of sp³-hybridized carbons (Fsp3) is 0.333. The van der Waals surface area contributed by atoms with E-state index in [1.54, 1.807) is 0 Å². The Balaban J connectivity index is 1.86. The van der Waals surface area contributed by atoms with Gasteiger partial charge >= 0.3 is 0 Å². The van der Waals surface area contributed by atoms with E-state index in [2.05, 4.69) is 27.4 Å². The summed E-state index contributed by atoms with van der Waals surface area (Å²) in [7, 11) is 2.01. The molecule has 2 rings (SSSR count). The van der Waals surface area contributed by atoms with Crippen LogP contribution in [0.5, 0.6) is 0 Å². The highest BCUT2D eigenvalue weighted by atomic mass is 14.9. The van der Waals surface area contributed by atoms with Crippen LogP contribution in [0.3, 0.4) is 0 Å². The van der Waals surface area contributed by atoms with Gasteiger partial charge in [-0.2, -0.15) is 0 Å². The molecule has 1 unspecified atom stereocenters. The molecule has 0 spiro atoms. The van der Waals surface area contributed by atoms with E-state index in [0.717, 1.165) is 30.7 Å². The minimum absolute atomic E-state index is 0.446. The smallest absolute Gasteiger partial charge is 0.0419 e. The largest absolute Gasteiger partial charge is 0.317 e. The van der Waals surface area contributed by atoms with Crippen molar-refractivity contribution in [3.63, 3.8) is 0 Å². The number of likely N-dealkylation sites (N-methyl/N-ethyl adjacent to an activating group) is 1. The minimum atomic E-state index is 0.446. The van der Waals surface area contributed by atoms with Gasteiger partial charge in [0, 0.05) is 36.2 Å². The molecule has 0 aliphatic rings. The zero-order valence-corrected chi connectivity index (χ0v) is 10.7. The Labute approximate surface area is 108 Å². The molecule has 3 heteroatoms. The van der Waals surface area contributed by atoms with Gasteiger partial charge in [-0.3, -0.25) is 9.97 Å². The van der Waals surface area contributed by atoms with E-state index in [-0.39, 0.29) is 0 Å². The Kier molecular flexibility index (Phi) is 4.85. The number of nitrogens with zero attached hydrogens (tertiary/aromatic N) is 2. The fourth-order valence-electron chi connectivity index (χ4n) is 1.99. The third kappa shape index (κ3) is 3.93. The minimum Gasteiger partial charge on any atom is -0.317 e. The van der Waals surface area contributed by atoms with Crippen molar-refractivity contribution in [1.82, 2.24) is 15.3 Å². The summed E-state index contributed by atoms with van der Waals surface area (Å²) in [5, 5.41) is 3.35. The van der Waals surface area contributed by atoms with Crippen LogP contribution in [-0.2, 0) is 12.8 Å². The SMILES string of the molecule is CNC(CCc1ccccn1)Cc1ccccn1. The van der Waals surface area contributed by atoms with E-state index in [0.29, 0.717) is 6.04 Å². The first-order chi connectivity index (χ1) is 8.88. The maximum absolute atomic E-state index is 4.37.